The Balaban J connectivity index is 1.65. The Bertz CT molecular complexity index is 701. The molecule has 1 aliphatic heterocycles. The van der Waals surface area contributed by atoms with Gasteiger partial charge in [0.15, 0.2) is 0 Å². The fourth-order valence-corrected chi connectivity index (χ4v) is 2.59. The van der Waals surface area contributed by atoms with E-state index in [0.717, 1.165) is 12.0 Å². The molecule has 0 saturated carbocycles. The molecule has 1 atom stereocenters. The number of carbonyl (C=O) groups is 2. The van der Waals surface area contributed by atoms with Gasteiger partial charge in [-0.2, -0.15) is 0 Å². The summed E-state index contributed by atoms with van der Waals surface area (Å²) in [5.74, 6) is -1.13. The number of ether oxygens (including phenoxy) is 1. The Morgan fingerprint density at radius 3 is 2.83 bits per heavy atom. The zero-order chi connectivity index (χ0) is 16.2. The van der Waals surface area contributed by atoms with E-state index in [-0.39, 0.29) is 18.5 Å². The largest absolute Gasteiger partial charge is 0.475 e. The summed E-state index contributed by atoms with van der Waals surface area (Å²) in [6.07, 6.45) is 1.05. The number of nitrogens with zero attached hydrogens (tertiary/aromatic N) is 3. The lowest BCUT2D eigenvalue weighted by Crippen LogP contribution is -2.31. The Labute approximate surface area is 132 Å². The standard InChI is InChI=1S/C15H16N4O4/c20-14(21)13-16-12(17-18-13)11-7-4-8-19(11)15(22)23-9-10-5-2-1-3-6-10/h1-3,5-6,11H,4,7-9H2,(H,20,21)(H,16,17,18)/t11-/m1/s1. The predicted molar refractivity (Wildman–Crippen MR) is 78.7 cm³/mol. The molecule has 23 heavy (non-hydrogen) atoms. The number of rotatable bonds is 4. The second-order valence-electron chi connectivity index (χ2n) is 5.24. The van der Waals surface area contributed by atoms with E-state index in [1.165, 1.54) is 0 Å². The molecule has 0 aliphatic carbocycles. The average Bonchev–Trinajstić information content (AvgIpc) is 3.22. The van der Waals surface area contributed by atoms with Gasteiger partial charge in [0.25, 0.3) is 5.82 Å². The van der Waals surface area contributed by atoms with Gasteiger partial charge in [-0.25, -0.2) is 14.6 Å². The van der Waals surface area contributed by atoms with Crippen LogP contribution in [0.3, 0.4) is 0 Å². The van der Waals surface area contributed by atoms with E-state index in [9.17, 15) is 9.59 Å². The minimum absolute atomic E-state index is 0.194. The van der Waals surface area contributed by atoms with Gasteiger partial charge < -0.3 is 9.84 Å². The molecule has 1 aromatic carbocycles. The number of benzene rings is 1. The lowest BCUT2D eigenvalue weighted by Gasteiger charge is -2.22. The van der Waals surface area contributed by atoms with Gasteiger partial charge in [0.05, 0.1) is 6.04 Å². The van der Waals surface area contributed by atoms with Crippen LogP contribution in [-0.4, -0.2) is 43.8 Å². The number of H-pyrrole nitrogens is 1. The van der Waals surface area contributed by atoms with Crippen molar-refractivity contribution < 1.29 is 19.4 Å². The van der Waals surface area contributed by atoms with Gasteiger partial charge >= 0.3 is 12.1 Å². The molecule has 1 fully saturated rings. The molecule has 3 rings (SSSR count). The number of likely N-dealkylation sites (tertiary alicyclic amines) is 1. The highest BCUT2D eigenvalue weighted by molar-refractivity contribution is 5.82. The average molecular weight is 316 g/mol. The molecule has 0 bridgehead atoms. The summed E-state index contributed by atoms with van der Waals surface area (Å²) in [5.41, 5.74) is 0.907. The van der Waals surface area contributed by atoms with Crippen molar-refractivity contribution in [1.82, 2.24) is 20.1 Å². The fraction of sp³-hybridized carbons (Fsp3) is 0.333. The van der Waals surface area contributed by atoms with Gasteiger partial charge in [-0.15, -0.1) is 5.10 Å². The first kappa shape index (κ1) is 15.0. The van der Waals surface area contributed by atoms with E-state index in [2.05, 4.69) is 15.2 Å². The highest BCUT2D eigenvalue weighted by atomic mass is 16.6. The number of carboxylic acids is 1. The normalized spacial score (nSPS) is 17.2. The van der Waals surface area contributed by atoms with E-state index < -0.39 is 12.1 Å². The van der Waals surface area contributed by atoms with Gasteiger partial charge in [-0.1, -0.05) is 30.3 Å². The van der Waals surface area contributed by atoms with Crippen LogP contribution in [-0.2, 0) is 11.3 Å². The van der Waals surface area contributed by atoms with Gasteiger partial charge in [-0.3, -0.25) is 10.00 Å². The summed E-state index contributed by atoms with van der Waals surface area (Å²) < 4.78 is 5.33. The first-order valence-corrected chi connectivity index (χ1v) is 7.28. The first-order chi connectivity index (χ1) is 11.1. The summed E-state index contributed by atoms with van der Waals surface area (Å²) in [5, 5.41) is 15.1. The summed E-state index contributed by atoms with van der Waals surface area (Å²) in [4.78, 5) is 28.6. The Morgan fingerprint density at radius 2 is 2.13 bits per heavy atom. The molecule has 8 heteroatoms. The number of carboxylic acid groups (broad SMARTS) is 1. The first-order valence-electron chi connectivity index (χ1n) is 7.28. The van der Waals surface area contributed by atoms with Crippen molar-refractivity contribution >= 4 is 12.1 Å². The van der Waals surface area contributed by atoms with Crippen LogP contribution in [0.1, 0.15) is 40.9 Å². The van der Waals surface area contributed by atoms with E-state index in [1.807, 2.05) is 30.3 Å². The Hall–Kier alpha value is -2.90. The SMILES string of the molecule is O=C(O)c1n[nH]c([C@H]2CCCN2C(=O)OCc2ccccc2)n1. The second-order valence-corrected chi connectivity index (χ2v) is 5.24. The molecule has 0 unspecified atom stereocenters. The number of nitrogens with one attached hydrogen (secondary N) is 1. The van der Waals surface area contributed by atoms with Crippen LogP contribution in [0, 0.1) is 0 Å². The van der Waals surface area contributed by atoms with Gasteiger partial charge in [0, 0.05) is 6.54 Å². The number of aromatic nitrogens is 3. The quantitative estimate of drug-likeness (QED) is 0.892. The molecular weight excluding hydrogens is 300 g/mol. The van der Waals surface area contributed by atoms with Crippen molar-refractivity contribution in [3.05, 3.63) is 47.5 Å². The minimum atomic E-state index is -1.20. The number of carbonyl (C=O) groups excluding carboxylic acids is 1. The van der Waals surface area contributed by atoms with Crippen molar-refractivity contribution in [3.63, 3.8) is 0 Å². The molecule has 2 heterocycles. The fourth-order valence-electron chi connectivity index (χ4n) is 2.59. The topological polar surface area (TPSA) is 108 Å². The van der Waals surface area contributed by atoms with E-state index >= 15 is 0 Å². The summed E-state index contributed by atoms with van der Waals surface area (Å²) in [6, 6.07) is 9.08. The third kappa shape index (κ3) is 3.31. The Morgan fingerprint density at radius 1 is 1.35 bits per heavy atom. The number of amides is 1. The molecule has 2 aromatic rings. The maximum atomic E-state index is 12.3. The zero-order valence-corrected chi connectivity index (χ0v) is 12.3. The molecule has 8 nitrogen and oxygen atoms in total. The molecule has 1 aliphatic rings. The van der Waals surface area contributed by atoms with Crippen LogP contribution in [0.4, 0.5) is 4.79 Å². The van der Waals surface area contributed by atoms with Crippen LogP contribution < -0.4 is 0 Å². The Kier molecular flexibility index (Phi) is 4.22. The van der Waals surface area contributed by atoms with E-state index in [0.29, 0.717) is 18.8 Å². The van der Waals surface area contributed by atoms with Gasteiger partial charge in [-0.05, 0) is 18.4 Å². The molecule has 1 saturated heterocycles. The molecular formula is C15H16N4O4. The van der Waals surface area contributed by atoms with Crippen LogP contribution in [0.15, 0.2) is 30.3 Å². The predicted octanol–water partition coefficient (Wildman–Crippen LogP) is 1.98. The van der Waals surface area contributed by atoms with Crippen LogP contribution in [0.2, 0.25) is 0 Å². The zero-order valence-electron chi connectivity index (χ0n) is 12.3. The maximum absolute atomic E-state index is 12.3. The van der Waals surface area contributed by atoms with Crippen molar-refractivity contribution in [2.24, 2.45) is 0 Å². The molecule has 1 amide bonds. The van der Waals surface area contributed by atoms with Crippen molar-refractivity contribution in [2.45, 2.75) is 25.5 Å². The lowest BCUT2D eigenvalue weighted by atomic mass is 10.2. The second kappa shape index (κ2) is 6.47. The molecule has 0 spiro atoms. The summed E-state index contributed by atoms with van der Waals surface area (Å²) in [7, 11) is 0. The monoisotopic (exact) mass is 316 g/mol. The van der Waals surface area contributed by atoms with Gasteiger partial charge in [0.1, 0.15) is 12.4 Å². The highest BCUT2D eigenvalue weighted by Crippen LogP contribution is 2.30. The maximum Gasteiger partial charge on any atom is 0.410 e. The van der Waals surface area contributed by atoms with E-state index in [1.54, 1.807) is 4.90 Å². The van der Waals surface area contributed by atoms with Crippen molar-refractivity contribution in [1.29, 1.82) is 0 Å². The number of aromatic amines is 1. The number of hydrogen-bond acceptors (Lipinski definition) is 5. The minimum Gasteiger partial charge on any atom is -0.475 e. The van der Waals surface area contributed by atoms with Crippen LogP contribution >= 0.6 is 0 Å². The summed E-state index contributed by atoms with van der Waals surface area (Å²) >= 11 is 0. The van der Waals surface area contributed by atoms with Crippen LogP contribution in [0.5, 0.6) is 0 Å². The van der Waals surface area contributed by atoms with Crippen molar-refractivity contribution in [3.8, 4) is 0 Å². The lowest BCUT2D eigenvalue weighted by molar-refractivity contribution is 0.0684. The molecule has 2 N–H and O–H groups in total. The highest BCUT2D eigenvalue weighted by Gasteiger charge is 2.33. The van der Waals surface area contributed by atoms with E-state index in [4.69, 9.17) is 9.84 Å². The summed E-state index contributed by atoms with van der Waals surface area (Å²) in [6.45, 7) is 0.737. The van der Waals surface area contributed by atoms with Crippen molar-refractivity contribution in [2.75, 3.05) is 6.54 Å². The third-order valence-corrected chi connectivity index (χ3v) is 3.70. The number of aromatic carboxylic acids is 1. The van der Waals surface area contributed by atoms with Crippen LogP contribution in [0.25, 0.3) is 0 Å². The molecule has 120 valence electrons. The number of hydrogen-bond donors (Lipinski definition) is 2. The van der Waals surface area contributed by atoms with Gasteiger partial charge in [0.2, 0.25) is 0 Å². The molecule has 1 aromatic heterocycles. The third-order valence-electron chi connectivity index (χ3n) is 3.70. The smallest absolute Gasteiger partial charge is 0.410 e. The molecule has 0 radical (unpaired) electrons.